The second-order valence-electron chi connectivity index (χ2n) is 7.62. The van der Waals surface area contributed by atoms with Gasteiger partial charge in [-0.1, -0.05) is 69.8 Å². The number of allylic oxidation sites excluding steroid dienone is 4. The average Bonchev–Trinajstić information content (AvgIpc) is 2.90. The van der Waals surface area contributed by atoms with Crippen molar-refractivity contribution in [2.45, 2.75) is 103 Å². The van der Waals surface area contributed by atoms with Gasteiger partial charge < -0.3 is 4.74 Å². The van der Waals surface area contributed by atoms with Gasteiger partial charge in [0.15, 0.2) is 5.90 Å². The highest BCUT2D eigenvalue weighted by molar-refractivity contribution is 5.78. The van der Waals surface area contributed by atoms with Gasteiger partial charge in [-0.05, 0) is 46.0 Å². The second kappa shape index (κ2) is 13.3. The second-order valence-corrected chi connectivity index (χ2v) is 7.62. The number of unbranched alkanes of at least 4 members (excludes halogenated alkanes) is 9. The minimum Gasteiger partial charge on any atom is -0.478 e. The molecule has 0 radical (unpaired) electrons. The van der Waals surface area contributed by atoms with Gasteiger partial charge in [-0.3, -0.25) is 0 Å². The van der Waals surface area contributed by atoms with Crippen LogP contribution >= 0.6 is 0 Å². The Labute approximate surface area is 150 Å². The molecule has 2 nitrogen and oxygen atoms in total. The van der Waals surface area contributed by atoms with Crippen LogP contribution in [-0.2, 0) is 4.74 Å². The van der Waals surface area contributed by atoms with E-state index in [2.05, 4.69) is 50.1 Å². The van der Waals surface area contributed by atoms with Crippen LogP contribution in [0, 0.1) is 0 Å². The third-order valence-electron chi connectivity index (χ3n) is 4.39. The Balaban J connectivity index is 1.84. The van der Waals surface area contributed by atoms with Crippen molar-refractivity contribution in [1.82, 2.24) is 0 Å². The molecule has 0 unspecified atom stereocenters. The fraction of sp³-hybridized carbons (Fsp3) is 0.773. The smallest absolute Gasteiger partial charge is 0.183 e. The van der Waals surface area contributed by atoms with Crippen LogP contribution in [0.1, 0.15) is 97.8 Å². The monoisotopic (exact) mass is 333 g/mol. The van der Waals surface area contributed by atoms with Crippen molar-refractivity contribution in [3.63, 3.8) is 0 Å². The summed E-state index contributed by atoms with van der Waals surface area (Å²) in [6.07, 6.45) is 24.4. The Morgan fingerprint density at radius 2 is 1.46 bits per heavy atom. The van der Waals surface area contributed by atoms with E-state index in [1.165, 1.54) is 70.6 Å². The molecule has 1 rings (SSSR count). The molecule has 0 amide bonds. The zero-order chi connectivity index (χ0) is 17.5. The molecule has 1 heterocycles. The van der Waals surface area contributed by atoms with Crippen LogP contribution in [0.3, 0.4) is 0 Å². The Hall–Kier alpha value is -1.05. The Bertz CT molecular complexity index is 393. The number of hydrogen-bond donors (Lipinski definition) is 0. The molecule has 0 saturated carbocycles. The van der Waals surface area contributed by atoms with E-state index in [0.717, 1.165) is 18.9 Å². The van der Waals surface area contributed by atoms with Crippen LogP contribution < -0.4 is 0 Å². The molecule has 138 valence electrons. The van der Waals surface area contributed by atoms with E-state index in [9.17, 15) is 0 Å². The zero-order valence-corrected chi connectivity index (χ0v) is 16.4. The number of hydrogen-bond acceptors (Lipinski definition) is 2. The Kier molecular flexibility index (Phi) is 11.6. The predicted octanol–water partition coefficient (Wildman–Crippen LogP) is 7.01. The molecule has 0 aromatic rings. The summed E-state index contributed by atoms with van der Waals surface area (Å²) in [6.45, 7) is 7.28. The largest absolute Gasteiger partial charge is 0.478 e. The predicted molar refractivity (Wildman–Crippen MR) is 107 cm³/mol. The first-order chi connectivity index (χ1) is 11.6. The average molecular weight is 334 g/mol. The number of ether oxygens (including phenoxy) is 1. The van der Waals surface area contributed by atoms with Gasteiger partial charge >= 0.3 is 0 Å². The van der Waals surface area contributed by atoms with E-state index in [4.69, 9.17) is 4.74 Å². The first kappa shape index (κ1) is 21.0. The van der Waals surface area contributed by atoms with Crippen molar-refractivity contribution in [3.8, 4) is 0 Å². The first-order valence-corrected chi connectivity index (χ1v) is 10.2. The molecule has 24 heavy (non-hydrogen) atoms. The SMILES string of the molecule is CCCCC/C=C/C=C/CCCCCCCCC1=NC(C)(C)CO1. The summed E-state index contributed by atoms with van der Waals surface area (Å²) in [6, 6.07) is 0. The lowest BCUT2D eigenvalue weighted by Gasteiger charge is -2.07. The third kappa shape index (κ3) is 11.5. The van der Waals surface area contributed by atoms with Gasteiger partial charge in [-0.2, -0.15) is 0 Å². The Morgan fingerprint density at radius 3 is 2.04 bits per heavy atom. The molecule has 0 atom stereocenters. The highest BCUT2D eigenvalue weighted by atomic mass is 16.5. The maximum absolute atomic E-state index is 5.62. The fourth-order valence-electron chi connectivity index (χ4n) is 2.90. The molecule has 0 aliphatic carbocycles. The molecule has 0 saturated heterocycles. The molecule has 0 spiro atoms. The van der Waals surface area contributed by atoms with E-state index < -0.39 is 0 Å². The van der Waals surface area contributed by atoms with Gasteiger partial charge in [0.1, 0.15) is 6.61 Å². The van der Waals surface area contributed by atoms with E-state index in [-0.39, 0.29) is 5.54 Å². The summed E-state index contributed by atoms with van der Waals surface area (Å²) in [5.41, 5.74) is 0.00749. The summed E-state index contributed by atoms with van der Waals surface area (Å²) in [4.78, 5) is 4.61. The van der Waals surface area contributed by atoms with E-state index in [1.54, 1.807) is 0 Å². The maximum atomic E-state index is 5.62. The van der Waals surface area contributed by atoms with Crippen LogP contribution in [0.2, 0.25) is 0 Å². The molecule has 1 aliphatic heterocycles. The van der Waals surface area contributed by atoms with Crippen LogP contribution in [-0.4, -0.2) is 18.0 Å². The highest BCUT2D eigenvalue weighted by Gasteiger charge is 2.25. The molecule has 0 aromatic carbocycles. The third-order valence-corrected chi connectivity index (χ3v) is 4.39. The zero-order valence-electron chi connectivity index (χ0n) is 16.4. The van der Waals surface area contributed by atoms with Gasteiger partial charge in [0.05, 0.1) is 5.54 Å². The van der Waals surface area contributed by atoms with Crippen molar-refractivity contribution in [3.05, 3.63) is 24.3 Å². The van der Waals surface area contributed by atoms with E-state index in [1.807, 2.05) is 0 Å². The summed E-state index contributed by atoms with van der Waals surface area (Å²) < 4.78 is 5.62. The van der Waals surface area contributed by atoms with Gasteiger partial charge in [0.25, 0.3) is 0 Å². The summed E-state index contributed by atoms with van der Waals surface area (Å²) in [7, 11) is 0. The molecule has 0 N–H and O–H groups in total. The molecule has 0 aromatic heterocycles. The van der Waals surface area contributed by atoms with Gasteiger partial charge in [0.2, 0.25) is 0 Å². The van der Waals surface area contributed by atoms with E-state index in [0.29, 0.717) is 0 Å². The molecular formula is C22H39NO. The van der Waals surface area contributed by atoms with Gasteiger partial charge in [-0.15, -0.1) is 0 Å². The van der Waals surface area contributed by atoms with Crippen LogP contribution in [0.4, 0.5) is 0 Å². The first-order valence-electron chi connectivity index (χ1n) is 10.2. The Morgan fingerprint density at radius 1 is 0.875 bits per heavy atom. The summed E-state index contributed by atoms with van der Waals surface area (Å²) in [5, 5.41) is 0. The lowest BCUT2D eigenvalue weighted by Crippen LogP contribution is -2.17. The molecule has 0 fully saturated rings. The lowest BCUT2D eigenvalue weighted by atomic mass is 10.1. The fourth-order valence-corrected chi connectivity index (χ4v) is 2.90. The summed E-state index contributed by atoms with van der Waals surface area (Å²) >= 11 is 0. The lowest BCUT2D eigenvalue weighted by molar-refractivity contribution is 0.273. The van der Waals surface area contributed by atoms with Crippen molar-refractivity contribution in [2.24, 2.45) is 4.99 Å². The quantitative estimate of drug-likeness (QED) is 0.247. The number of nitrogens with zero attached hydrogens (tertiary/aromatic N) is 1. The summed E-state index contributed by atoms with van der Waals surface area (Å²) in [5.74, 6) is 0.980. The molecular weight excluding hydrogens is 294 g/mol. The van der Waals surface area contributed by atoms with Crippen LogP contribution in [0.5, 0.6) is 0 Å². The van der Waals surface area contributed by atoms with Crippen molar-refractivity contribution in [1.29, 1.82) is 0 Å². The molecule has 2 heteroatoms. The van der Waals surface area contributed by atoms with Gasteiger partial charge in [0, 0.05) is 6.42 Å². The van der Waals surface area contributed by atoms with Crippen LogP contribution in [0.15, 0.2) is 29.3 Å². The van der Waals surface area contributed by atoms with Crippen molar-refractivity contribution < 1.29 is 4.74 Å². The van der Waals surface area contributed by atoms with Crippen LogP contribution in [0.25, 0.3) is 0 Å². The standard InChI is InChI=1S/C22H39NO/c1-4-5-6-7-8-9-10-11-12-13-14-15-16-17-18-19-21-23-22(2,3)20-24-21/h8-11H,4-7,12-20H2,1-3H3/b9-8+,11-10+. The normalized spacial score (nSPS) is 16.9. The molecule has 1 aliphatic rings. The van der Waals surface area contributed by atoms with Gasteiger partial charge in [-0.25, -0.2) is 4.99 Å². The van der Waals surface area contributed by atoms with E-state index >= 15 is 0 Å². The highest BCUT2D eigenvalue weighted by Crippen LogP contribution is 2.19. The number of rotatable bonds is 14. The molecule has 0 bridgehead atoms. The minimum absolute atomic E-state index is 0.00749. The maximum Gasteiger partial charge on any atom is 0.183 e. The number of aliphatic imine (C=N–C) groups is 1. The van der Waals surface area contributed by atoms with Crippen molar-refractivity contribution in [2.75, 3.05) is 6.61 Å². The minimum atomic E-state index is 0.00749. The topological polar surface area (TPSA) is 21.6 Å². The van der Waals surface area contributed by atoms with Crippen molar-refractivity contribution >= 4 is 5.90 Å².